The van der Waals surface area contributed by atoms with Crippen molar-refractivity contribution < 1.29 is 10.2 Å². The number of aliphatic hydroxyl groups is 1. The van der Waals surface area contributed by atoms with Gasteiger partial charge < -0.3 is 20.5 Å². The molecule has 0 spiro atoms. The second-order valence-electron chi connectivity index (χ2n) is 6.24. The molecule has 0 radical (unpaired) electrons. The van der Waals surface area contributed by atoms with Gasteiger partial charge in [-0.15, -0.1) is 0 Å². The molecule has 1 aliphatic heterocycles. The molecule has 3 rings (SSSR count). The number of nitrogens with one attached hydrogen (secondary N) is 2. The van der Waals surface area contributed by atoms with Crippen LogP contribution < -0.4 is 15.9 Å². The first-order valence-electron chi connectivity index (χ1n) is 7.93. The van der Waals surface area contributed by atoms with E-state index in [0.29, 0.717) is 17.6 Å². The Morgan fingerprint density at radius 2 is 2.17 bits per heavy atom. The number of fused-ring (bicyclic) bond motifs is 1. The molecule has 1 aliphatic rings. The summed E-state index contributed by atoms with van der Waals surface area (Å²) in [4.78, 5) is 15.4. The first kappa shape index (κ1) is 16.2. The molecule has 7 heteroatoms. The second kappa shape index (κ2) is 6.84. The van der Waals surface area contributed by atoms with Gasteiger partial charge in [0.1, 0.15) is 12.0 Å². The number of hydrogen-bond acceptors (Lipinski definition) is 6. The van der Waals surface area contributed by atoms with E-state index in [1.54, 1.807) is 6.08 Å². The van der Waals surface area contributed by atoms with Gasteiger partial charge in [-0.1, -0.05) is 19.9 Å². The quantitative estimate of drug-likeness (QED) is 0.636. The molecule has 0 saturated heterocycles. The average molecular weight is 327 g/mol. The lowest BCUT2D eigenvalue weighted by Crippen LogP contribution is -2.26. The maximum atomic E-state index is 10.0. The number of aromatic hydroxyl groups is 1. The molecule has 2 heterocycles. The highest BCUT2D eigenvalue weighted by atomic mass is 16.3. The fraction of sp³-hybridized carbons (Fsp3) is 0.353. The van der Waals surface area contributed by atoms with Crippen LogP contribution in [0.25, 0.3) is 6.08 Å². The van der Waals surface area contributed by atoms with Gasteiger partial charge in [0.15, 0.2) is 0 Å². The van der Waals surface area contributed by atoms with Gasteiger partial charge in [0.25, 0.3) is 0 Å². The summed E-state index contributed by atoms with van der Waals surface area (Å²) in [6.07, 6.45) is 4.12. The van der Waals surface area contributed by atoms with E-state index in [1.165, 1.54) is 6.34 Å². The van der Waals surface area contributed by atoms with Gasteiger partial charge in [0.05, 0.1) is 23.7 Å². The fourth-order valence-corrected chi connectivity index (χ4v) is 2.65. The number of imidazole rings is 1. The number of benzene rings is 1. The number of hydrogen-bond donors (Lipinski definition) is 4. The summed E-state index contributed by atoms with van der Waals surface area (Å²) < 4.78 is 0. The van der Waals surface area contributed by atoms with Crippen LogP contribution in [0.3, 0.4) is 0 Å². The summed E-state index contributed by atoms with van der Waals surface area (Å²) in [5, 5.41) is 24.3. The van der Waals surface area contributed by atoms with Gasteiger partial charge in [0, 0.05) is 0 Å². The van der Waals surface area contributed by atoms with Crippen LogP contribution in [0.4, 0.5) is 11.6 Å². The third-order valence-electron chi connectivity index (χ3n) is 3.73. The van der Waals surface area contributed by atoms with Crippen LogP contribution in [-0.4, -0.2) is 39.2 Å². The lowest BCUT2D eigenvalue weighted by Gasteiger charge is -2.17. The van der Waals surface area contributed by atoms with Crippen molar-refractivity contribution in [3.05, 3.63) is 34.5 Å². The Hall–Kier alpha value is -2.67. The van der Waals surface area contributed by atoms with Crippen LogP contribution >= 0.6 is 0 Å². The van der Waals surface area contributed by atoms with Gasteiger partial charge in [0.2, 0.25) is 11.8 Å². The standard InChI is InChI=1S/C17H21N5O2/c1-10(2)5-12(8-23)20-17-21-15(16(24)22-17)7-11-3-4-13-14(6-11)19-9-18-13/h3-4,6-7,9-10,12,23-24H,5,8H2,1-2H3,(H2,20,21,22)/t12-/m1/s1. The first-order valence-corrected chi connectivity index (χ1v) is 7.93. The van der Waals surface area contributed by atoms with Gasteiger partial charge in [-0.05, 0) is 35.8 Å². The van der Waals surface area contributed by atoms with Crippen molar-refractivity contribution in [1.29, 1.82) is 0 Å². The van der Waals surface area contributed by atoms with E-state index < -0.39 is 0 Å². The van der Waals surface area contributed by atoms with Crippen LogP contribution in [0.5, 0.6) is 5.88 Å². The number of H-pyrrole nitrogens is 1. The molecule has 1 aromatic carbocycles. The molecular weight excluding hydrogens is 306 g/mol. The average Bonchev–Trinajstić information content (AvgIpc) is 3.12. The van der Waals surface area contributed by atoms with E-state index >= 15 is 0 Å². The lowest BCUT2D eigenvalue weighted by atomic mass is 10.0. The zero-order valence-electron chi connectivity index (χ0n) is 13.7. The molecule has 7 nitrogen and oxygen atoms in total. The van der Waals surface area contributed by atoms with Crippen LogP contribution in [0.2, 0.25) is 0 Å². The van der Waals surface area contributed by atoms with Gasteiger partial charge >= 0.3 is 0 Å². The monoisotopic (exact) mass is 327 g/mol. The topological polar surface area (TPSA) is 106 Å². The number of aromatic nitrogens is 2. The lowest BCUT2D eigenvalue weighted by molar-refractivity contribution is 0.259. The van der Waals surface area contributed by atoms with Crippen molar-refractivity contribution >= 4 is 24.1 Å². The fourth-order valence-electron chi connectivity index (χ4n) is 2.65. The largest absolute Gasteiger partial charge is 0.492 e. The Morgan fingerprint density at radius 3 is 2.92 bits per heavy atom. The highest BCUT2D eigenvalue weighted by Crippen LogP contribution is 2.19. The molecule has 1 atom stereocenters. The Bertz CT molecular complexity index is 870. The normalized spacial score (nSPS) is 14.8. The minimum Gasteiger partial charge on any atom is -0.492 e. The molecule has 24 heavy (non-hydrogen) atoms. The first-order chi connectivity index (χ1) is 11.5. The van der Waals surface area contributed by atoms with Crippen LogP contribution in [0.15, 0.2) is 28.2 Å². The summed E-state index contributed by atoms with van der Waals surface area (Å²) in [5.74, 6) is 0.793. The van der Waals surface area contributed by atoms with Crippen molar-refractivity contribution in [3.8, 4) is 5.88 Å². The molecule has 0 unspecified atom stereocenters. The number of aromatic amines is 1. The summed E-state index contributed by atoms with van der Waals surface area (Å²) in [7, 11) is 0. The predicted molar refractivity (Wildman–Crippen MR) is 93.1 cm³/mol. The van der Waals surface area contributed by atoms with Crippen molar-refractivity contribution in [3.63, 3.8) is 0 Å². The van der Waals surface area contributed by atoms with E-state index in [4.69, 9.17) is 0 Å². The van der Waals surface area contributed by atoms with E-state index in [2.05, 4.69) is 39.1 Å². The molecule has 126 valence electrons. The molecule has 1 aromatic heterocycles. The summed E-state index contributed by atoms with van der Waals surface area (Å²) in [6.45, 7) is 4.18. The number of aliphatic imine (C=N–C) groups is 1. The molecule has 0 amide bonds. The second-order valence-corrected chi connectivity index (χ2v) is 6.24. The summed E-state index contributed by atoms with van der Waals surface area (Å²) >= 11 is 0. The molecule has 0 aliphatic carbocycles. The molecule has 0 fully saturated rings. The van der Waals surface area contributed by atoms with Gasteiger partial charge in [-0.2, -0.15) is 4.98 Å². The molecule has 0 bridgehead atoms. The van der Waals surface area contributed by atoms with Crippen LogP contribution in [0.1, 0.15) is 26.0 Å². The molecular formula is C17H21N5O2. The summed E-state index contributed by atoms with van der Waals surface area (Å²) in [6, 6.07) is 5.56. The van der Waals surface area contributed by atoms with E-state index in [1.807, 2.05) is 18.2 Å². The number of anilines is 1. The minimum atomic E-state index is -0.112. The van der Waals surface area contributed by atoms with E-state index in [9.17, 15) is 10.2 Å². The highest BCUT2D eigenvalue weighted by Gasteiger charge is 2.13. The van der Waals surface area contributed by atoms with Gasteiger partial charge in [-0.3, -0.25) is 0 Å². The van der Waals surface area contributed by atoms with Crippen molar-refractivity contribution in [1.82, 2.24) is 9.97 Å². The molecule has 0 saturated carbocycles. The molecule has 4 N–H and O–H groups in total. The van der Waals surface area contributed by atoms with Crippen LogP contribution in [0, 0.1) is 5.92 Å². The maximum absolute atomic E-state index is 10.0. The molecule has 2 aromatic rings. The number of nitrogens with zero attached hydrogens (tertiary/aromatic N) is 3. The Balaban J connectivity index is 1.83. The minimum absolute atomic E-state index is 0.00498. The zero-order chi connectivity index (χ0) is 17.1. The Morgan fingerprint density at radius 1 is 1.33 bits per heavy atom. The van der Waals surface area contributed by atoms with Crippen molar-refractivity contribution in [2.75, 3.05) is 11.9 Å². The van der Waals surface area contributed by atoms with Gasteiger partial charge in [-0.25, -0.2) is 9.98 Å². The third kappa shape index (κ3) is 3.62. The van der Waals surface area contributed by atoms with Crippen LogP contribution in [-0.2, 0) is 0 Å². The summed E-state index contributed by atoms with van der Waals surface area (Å²) in [5.41, 5.74) is 1.30. The SMILES string of the molecule is CC(C)C[C@H](CO)Nc1nc(O)c(C=c2ccc3c(c2)N=CN=3)[nH]1. The Kier molecular flexibility index (Phi) is 4.61. The smallest absolute Gasteiger partial charge is 0.238 e. The third-order valence-corrected chi connectivity index (χ3v) is 3.73. The van der Waals surface area contributed by atoms with E-state index in [-0.39, 0.29) is 18.5 Å². The van der Waals surface area contributed by atoms with Crippen molar-refractivity contribution in [2.45, 2.75) is 26.3 Å². The van der Waals surface area contributed by atoms with E-state index in [0.717, 1.165) is 22.7 Å². The maximum Gasteiger partial charge on any atom is 0.238 e. The Labute approximate surface area is 139 Å². The van der Waals surface area contributed by atoms with Crippen molar-refractivity contribution in [2.24, 2.45) is 15.9 Å². The predicted octanol–water partition coefficient (Wildman–Crippen LogP) is 1.06. The number of rotatable bonds is 6. The zero-order valence-corrected chi connectivity index (χ0v) is 13.7. The number of aliphatic hydroxyl groups excluding tert-OH is 1. The highest BCUT2D eigenvalue weighted by molar-refractivity contribution is 5.67.